The molecule has 0 atom stereocenters. The number of phenols is 1. The minimum absolute atomic E-state index is 0.0468. The molecule has 0 aliphatic carbocycles. The van der Waals surface area contributed by atoms with Gasteiger partial charge < -0.3 is 15.2 Å². The Hall–Kier alpha value is -3.53. The van der Waals surface area contributed by atoms with Gasteiger partial charge in [-0.1, -0.05) is 35.3 Å². The van der Waals surface area contributed by atoms with E-state index < -0.39 is 5.91 Å². The summed E-state index contributed by atoms with van der Waals surface area (Å²) in [6.45, 7) is 0.0874. The van der Waals surface area contributed by atoms with Gasteiger partial charge in [0.05, 0.1) is 5.02 Å². The fraction of sp³-hybridized carbons (Fsp3) is 0.0435. The van der Waals surface area contributed by atoms with E-state index >= 15 is 0 Å². The molecule has 0 aromatic heterocycles. The Kier molecular flexibility index (Phi) is 7.14. The number of nitrogens with zero attached hydrogens (tertiary/aromatic N) is 1. The Morgan fingerprint density at radius 2 is 1.81 bits per heavy atom. The van der Waals surface area contributed by atoms with Crippen LogP contribution in [-0.4, -0.2) is 11.0 Å². The van der Waals surface area contributed by atoms with E-state index in [0.29, 0.717) is 21.8 Å². The molecule has 0 fully saturated rings. The maximum Gasteiger partial charge on any atom is 0.266 e. The van der Waals surface area contributed by atoms with Gasteiger partial charge in [-0.25, -0.2) is 4.39 Å². The van der Waals surface area contributed by atoms with E-state index in [4.69, 9.17) is 27.9 Å². The second-order valence-corrected chi connectivity index (χ2v) is 7.24. The van der Waals surface area contributed by atoms with Crippen LogP contribution in [0.3, 0.4) is 0 Å². The van der Waals surface area contributed by atoms with Crippen LogP contribution in [0.2, 0.25) is 10.0 Å². The zero-order valence-electron chi connectivity index (χ0n) is 15.9. The molecule has 0 saturated heterocycles. The molecule has 0 radical (unpaired) electrons. The van der Waals surface area contributed by atoms with E-state index in [2.05, 4.69) is 5.32 Å². The summed E-state index contributed by atoms with van der Waals surface area (Å²) >= 11 is 12.4. The summed E-state index contributed by atoms with van der Waals surface area (Å²) < 4.78 is 18.9. The number of aromatic hydroxyl groups is 1. The normalized spacial score (nSPS) is 11.0. The molecule has 0 heterocycles. The summed E-state index contributed by atoms with van der Waals surface area (Å²) in [7, 11) is 0. The minimum atomic E-state index is -0.659. The second-order valence-electron chi connectivity index (χ2n) is 6.39. The fourth-order valence-corrected chi connectivity index (χ4v) is 3.19. The zero-order valence-corrected chi connectivity index (χ0v) is 17.4. The van der Waals surface area contributed by atoms with Gasteiger partial charge in [0.25, 0.3) is 5.91 Å². The number of anilines is 1. The molecule has 0 saturated carbocycles. The molecule has 3 rings (SSSR count). The fourth-order valence-electron chi connectivity index (χ4n) is 2.62. The standard InChI is InChI=1S/C23H15Cl2FN2O3/c24-17-10-15(9-16(12-27)23(30)28-19-5-7-20(29)8-6-19)22(21(25)11-17)31-13-14-1-3-18(26)4-2-14/h1-11,29H,13H2,(H,28,30)/b16-9+. The van der Waals surface area contributed by atoms with E-state index in [1.807, 2.05) is 6.07 Å². The van der Waals surface area contributed by atoms with Gasteiger partial charge in [0.1, 0.15) is 35.6 Å². The van der Waals surface area contributed by atoms with Crippen LogP contribution < -0.4 is 10.1 Å². The largest absolute Gasteiger partial charge is 0.508 e. The molecule has 0 aliphatic rings. The molecule has 8 heteroatoms. The predicted octanol–water partition coefficient (Wildman–Crippen LogP) is 5.96. The third-order valence-corrected chi connectivity index (χ3v) is 4.62. The number of halogens is 3. The summed E-state index contributed by atoms with van der Waals surface area (Å²) in [4.78, 5) is 12.5. The van der Waals surface area contributed by atoms with Crippen molar-refractivity contribution in [3.8, 4) is 17.6 Å². The van der Waals surface area contributed by atoms with Gasteiger partial charge in [-0.15, -0.1) is 0 Å². The van der Waals surface area contributed by atoms with E-state index in [-0.39, 0.29) is 34.5 Å². The van der Waals surface area contributed by atoms with Crippen molar-refractivity contribution in [2.75, 3.05) is 5.32 Å². The van der Waals surface area contributed by atoms with Gasteiger partial charge in [-0.3, -0.25) is 4.79 Å². The quantitative estimate of drug-likeness (QED) is 0.272. The highest BCUT2D eigenvalue weighted by atomic mass is 35.5. The van der Waals surface area contributed by atoms with Crippen LogP contribution in [0.25, 0.3) is 6.08 Å². The summed E-state index contributed by atoms with van der Waals surface area (Å²) in [6, 6.07) is 16.4. The molecule has 0 aliphatic heterocycles. The van der Waals surface area contributed by atoms with Gasteiger partial charge in [0.15, 0.2) is 0 Å². The first-order chi connectivity index (χ1) is 14.9. The SMILES string of the molecule is N#C/C(=C\c1cc(Cl)cc(Cl)c1OCc1ccc(F)cc1)C(=O)Nc1ccc(O)cc1. The number of nitriles is 1. The Bertz CT molecular complexity index is 1170. The first kappa shape index (κ1) is 22.2. The van der Waals surface area contributed by atoms with Crippen molar-refractivity contribution in [3.05, 3.63) is 93.2 Å². The number of hydrogen-bond acceptors (Lipinski definition) is 4. The Morgan fingerprint density at radius 3 is 2.45 bits per heavy atom. The van der Waals surface area contributed by atoms with E-state index in [0.717, 1.165) is 0 Å². The summed E-state index contributed by atoms with van der Waals surface area (Å²) in [5.41, 5.74) is 1.23. The van der Waals surface area contributed by atoms with E-state index in [1.165, 1.54) is 54.6 Å². The lowest BCUT2D eigenvalue weighted by molar-refractivity contribution is -0.112. The lowest BCUT2D eigenvalue weighted by Gasteiger charge is -2.13. The lowest BCUT2D eigenvalue weighted by atomic mass is 10.1. The average Bonchev–Trinajstić information content (AvgIpc) is 2.74. The van der Waals surface area contributed by atoms with E-state index in [9.17, 15) is 19.6 Å². The van der Waals surface area contributed by atoms with Crippen LogP contribution in [0.1, 0.15) is 11.1 Å². The Morgan fingerprint density at radius 1 is 1.13 bits per heavy atom. The van der Waals surface area contributed by atoms with Crippen LogP contribution in [0.15, 0.2) is 66.2 Å². The van der Waals surface area contributed by atoms with Crippen molar-refractivity contribution in [1.82, 2.24) is 0 Å². The Balaban J connectivity index is 1.87. The summed E-state index contributed by atoms with van der Waals surface area (Å²) in [5, 5.41) is 21.9. The van der Waals surface area contributed by atoms with Crippen molar-refractivity contribution in [2.24, 2.45) is 0 Å². The number of amides is 1. The third-order valence-electron chi connectivity index (χ3n) is 4.12. The average molecular weight is 457 g/mol. The van der Waals surface area contributed by atoms with Crippen molar-refractivity contribution in [1.29, 1.82) is 5.26 Å². The zero-order chi connectivity index (χ0) is 22.4. The van der Waals surface area contributed by atoms with E-state index in [1.54, 1.807) is 12.1 Å². The molecular formula is C23H15Cl2FN2O3. The molecule has 3 aromatic rings. The van der Waals surface area contributed by atoms with Gasteiger partial charge in [0.2, 0.25) is 0 Å². The molecule has 2 N–H and O–H groups in total. The smallest absolute Gasteiger partial charge is 0.266 e. The number of rotatable bonds is 6. The molecule has 5 nitrogen and oxygen atoms in total. The lowest BCUT2D eigenvalue weighted by Crippen LogP contribution is -2.13. The van der Waals surface area contributed by atoms with Crippen molar-refractivity contribution in [3.63, 3.8) is 0 Å². The van der Waals surface area contributed by atoms with Gasteiger partial charge in [0, 0.05) is 16.3 Å². The summed E-state index contributed by atoms with van der Waals surface area (Å²) in [5.74, 6) is -0.755. The van der Waals surface area contributed by atoms with Gasteiger partial charge in [-0.2, -0.15) is 5.26 Å². The number of benzene rings is 3. The highest BCUT2D eigenvalue weighted by molar-refractivity contribution is 6.36. The molecule has 156 valence electrons. The number of nitrogens with one attached hydrogen (secondary N) is 1. The maximum atomic E-state index is 13.1. The minimum Gasteiger partial charge on any atom is -0.508 e. The highest BCUT2D eigenvalue weighted by Gasteiger charge is 2.15. The van der Waals surface area contributed by atoms with Gasteiger partial charge >= 0.3 is 0 Å². The molecule has 0 bridgehead atoms. The first-order valence-electron chi connectivity index (χ1n) is 8.94. The van der Waals surface area contributed by atoms with Crippen molar-refractivity contribution >= 4 is 40.9 Å². The van der Waals surface area contributed by atoms with Crippen LogP contribution in [0, 0.1) is 17.1 Å². The molecular weight excluding hydrogens is 442 g/mol. The molecule has 31 heavy (non-hydrogen) atoms. The number of ether oxygens (including phenoxy) is 1. The third kappa shape index (κ3) is 5.98. The van der Waals surface area contributed by atoms with Gasteiger partial charge in [-0.05, 0) is 60.2 Å². The topological polar surface area (TPSA) is 82.3 Å². The number of carbonyl (C=O) groups excluding carboxylic acids is 1. The highest BCUT2D eigenvalue weighted by Crippen LogP contribution is 2.34. The number of phenolic OH excluding ortho intramolecular Hbond substituents is 1. The summed E-state index contributed by atoms with van der Waals surface area (Å²) in [6.07, 6.45) is 1.31. The van der Waals surface area contributed by atoms with Crippen molar-refractivity contribution < 1.29 is 19.0 Å². The van der Waals surface area contributed by atoms with Crippen molar-refractivity contribution in [2.45, 2.75) is 6.61 Å². The maximum absolute atomic E-state index is 13.1. The van der Waals surface area contributed by atoms with Crippen LogP contribution in [0.5, 0.6) is 11.5 Å². The monoisotopic (exact) mass is 456 g/mol. The van der Waals surface area contributed by atoms with Crippen LogP contribution in [-0.2, 0) is 11.4 Å². The first-order valence-corrected chi connectivity index (χ1v) is 9.70. The molecule has 0 unspecified atom stereocenters. The van der Waals surface area contributed by atoms with Crippen LogP contribution in [0.4, 0.5) is 10.1 Å². The second kappa shape index (κ2) is 9.98. The molecule has 0 spiro atoms. The molecule has 3 aromatic carbocycles. The molecule has 1 amide bonds. The Labute approximate surface area is 187 Å². The predicted molar refractivity (Wildman–Crippen MR) is 118 cm³/mol. The number of carbonyl (C=O) groups is 1. The number of hydrogen-bond donors (Lipinski definition) is 2. The van der Waals surface area contributed by atoms with Crippen LogP contribution >= 0.6 is 23.2 Å².